The summed E-state index contributed by atoms with van der Waals surface area (Å²) in [7, 11) is 0. The van der Waals surface area contributed by atoms with E-state index in [0.29, 0.717) is 18.8 Å². The van der Waals surface area contributed by atoms with Gasteiger partial charge in [-0.3, -0.25) is 4.84 Å². The molecule has 0 aromatic heterocycles. The Balaban J connectivity index is 3.52. The Morgan fingerprint density at radius 3 is 2.53 bits per heavy atom. The number of carbonyl (C=O) groups is 1. The van der Waals surface area contributed by atoms with E-state index in [4.69, 9.17) is 9.57 Å². The predicted molar refractivity (Wildman–Crippen MR) is 59.3 cm³/mol. The highest BCUT2D eigenvalue weighted by molar-refractivity contribution is 5.86. The van der Waals surface area contributed by atoms with Crippen molar-refractivity contribution in [1.82, 2.24) is 5.06 Å². The Kier molecular flexibility index (Phi) is 7.95. The van der Waals surface area contributed by atoms with Gasteiger partial charge >= 0.3 is 5.97 Å². The average molecular weight is 215 g/mol. The molecule has 0 atom stereocenters. The van der Waals surface area contributed by atoms with E-state index in [2.05, 4.69) is 6.58 Å². The molecule has 4 nitrogen and oxygen atoms in total. The molecule has 0 bridgehead atoms. The van der Waals surface area contributed by atoms with Gasteiger partial charge in [-0.1, -0.05) is 13.5 Å². The van der Waals surface area contributed by atoms with E-state index >= 15 is 0 Å². The monoisotopic (exact) mass is 215 g/mol. The number of esters is 1. The van der Waals surface area contributed by atoms with Gasteiger partial charge in [0, 0.05) is 18.7 Å². The van der Waals surface area contributed by atoms with Crippen LogP contribution in [0, 0.1) is 0 Å². The minimum Gasteiger partial charge on any atom is -0.462 e. The van der Waals surface area contributed by atoms with Gasteiger partial charge in [0.15, 0.2) is 0 Å². The van der Waals surface area contributed by atoms with Crippen LogP contribution in [0.4, 0.5) is 0 Å². The molecule has 0 spiro atoms. The Morgan fingerprint density at radius 1 is 1.40 bits per heavy atom. The standard InChI is InChI=1S/C11H21NO3/c1-5-12(15-6-2)8-7-9-14-11(13)10(3)4/h3,5-9H2,1-2,4H3. The van der Waals surface area contributed by atoms with E-state index in [-0.39, 0.29) is 5.97 Å². The fraction of sp³-hybridized carbons (Fsp3) is 0.727. The summed E-state index contributed by atoms with van der Waals surface area (Å²) in [5.41, 5.74) is 0.437. The summed E-state index contributed by atoms with van der Waals surface area (Å²) in [6.45, 7) is 11.8. The Bertz CT molecular complexity index is 204. The molecule has 0 aromatic rings. The van der Waals surface area contributed by atoms with Crippen molar-refractivity contribution in [2.75, 3.05) is 26.3 Å². The van der Waals surface area contributed by atoms with E-state index in [0.717, 1.165) is 19.5 Å². The van der Waals surface area contributed by atoms with Crippen LogP contribution < -0.4 is 0 Å². The minimum absolute atomic E-state index is 0.325. The maximum Gasteiger partial charge on any atom is 0.333 e. The van der Waals surface area contributed by atoms with E-state index in [9.17, 15) is 4.79 Å². The first-order valence-corrected chi connectivity index (χ1v) is 5.32. The fourth-order valence-corrected chi connectivity index (χ4v) is 1.03. The van der Waals surface area contributed by atoms with Gasteiger partial charge in [0.1, 0.15) is 0 Å². The van der Waals surface area contributed by atoms with Gasteiger partial charge in [-0.25, -0.2) is 4.79 Å². The first kappa shape index (κ1) is 14.1. The van der Waals surface area contributed by atoms with Gasteiger partial charge in [0.2, 0.25) is 0 Å². The summed E-state index contributed by atoms with van der Waals surface area (Å²) in [6, 6.07) is 0. The Morgan fingerprint density at radius 2 is 2.07 bits per heavy atom. The Hall–Kier alpha value is -0.870. The van der Waals surface area contributed by atoms with Crippen molar-refractivity contribution in [3.8, 4) is 0 Å². The lowest BCUT2D eigenvalue weighted by Gasteiger charge is -2.18. The average Bonchev–Trinajstić information content (AvgIpc) is 2.22. The predicted octanol–water partition coefficient (Wildman–Crippen LogP) is 1.77. The van der Waals surface area contributed by atoms with Gasteiger partial charge in [0.05, 0.1) is 13.2 Å². The number of rotatable bonds is 8. The van der Waals surface area contributed by atoms with Crippen molar-refractivity contribution >= 4 is 5.97 Å². The molecule has 4 heteroatoms. The number of ether oxygens (including phenoxy) is 1. The van der Waals surface area contributed by atoms with Crippen LogP contribution in [0.1, 0.15) is 27.2 Å². The molecule has 0 N–H and O–H groups in total. The molecule has 0 aromatic carbocycles. The second-order valence-electron chi connectivity index (χ2n) is 3.21. The first-order chi connectivity index (χ1) is 7.11. The number of hydroxylamine groups is 2. The van der Waals surface area contributed by atoms with Crippen LogP contribution in [-0.4, -0.2) is 37.3 Å². The van der Waals surface area contributed by atoms with Crippen molar-refractivity contribution in [1.29, 1.82) is 0 Å². The van der Waals surface area contributed by atoms with Crippen molar-refractivity contribution in [2.24, 2.45) is 0 Å². The normalized spacial score (nSPS) is 10.4. The van der Waals surface area contributed by atoms with Gasteiger partial charge in [-0.2, -0.15) is 5.06 Å². The van der Waals surface area contributed by atoms with Crippen LogP contribution in [0.5, 0.6) is 0 Å². The number of carbonyl (C=O) groups excluding carboxylic acids is 1. The molecule has 0 fully saturated rings. The molecule has 0 unspecified atom stereocenters. The highest BCUT2D eigenvalue weighted by Crippen LogP contribution is 1.96. The number of hydrogen-bond donors (Lipinski definition) is 0. The van der Waals surface area contributed by atoms with Gasteiger partial charge < -0.3 is 4.74 Å². The summed E-state index contributed by atoms with van der Waals surface area (Å²) in [6.07, 6.45) is 0.771. The Labute approximate surface area is 91.8 Å². The molecule has 0 heterocycles. The molecule has 0 aliphatic rings. The second-order valence-corrected chi connectivity index (χ2v) is 3.21. The van der Waals surface area contributed by atoms with Crippen molar-refractivity contribution in [2.45, 2.75) is 27.2 Å². The largest absolute Gasteiger partial charge is 0.462 e. The highest BCUT2D eigenvalue weighted by atomic mass is 16.7. The van der Waals surface area contributed by atoms with E-state index in [1.165, 1.54) is 0 Å². The maximum absolute atomic E-state index is 11.0. The van der Waals surface area contributed by atoms with E-state index in [1.807, 2.05) is 18.9 Å². The van der Waals surface area contributed by atoms with Crippen LogP contribution >= 0.6 is 0 Å². The molecular formula is C11H21NO3. The van der Waals surface area contributed by atoms with Crippen LogP contribution in [0.25, 0.3) is 0 Å². The topological polar surface area (TPSA) is 38.8 Å². The molecule has 88 valence electrons. The highest BCUT2D eigenvalue weighted by Gasteiger charge is 2.04. The maximum atomic E-state index is 11.0. The molecule has 0 aliphatic carbocycles. The smallest absolute Gasteiger partial charge is 0.333 e. The minimum atomic E-state index is -0.325. The van der Waals surface area contributed by atoms with Crippen LogP contribution in [0.15, 0.2) is 12.2 Å². The van der Waals surface area contributed by atoms with E-state index < -0.39 is 0 Å². The van der Waals surface area contributed by atoms with Crippen molar-refractivity contribution < 1.29 is 14.4 Å². The number of hydrogen-bond acceptors (Lipinski definition) is 4. The third kappa shape index (κ3) is 7.11. The lowest BCUT2D eigenvalue weighted by molar-refractivity contribution is -0.156. The molecule has 0 amide bonds. The molecule has 0 rings (SSSR count). The van der Waals surface area contributed by atoms with Gasteiger partial charge in [-0.15, -0.1) is 0 Å². The zero-order valence-electron chi connectivity index (χ0n) is 9.91. The quantitative estimate of drug-likeness (QED) is 0.268. The van der Waals surface area contributed by atoms with Crippen LogP contribution in [0.2, 0.25) is 0 Å². The van der Waals surface area contributed by atoms with Gasteiger partial charge in [0.25, 0.3) is 0 Å². The van der Waals surface area contributed by atoms with Crippen LogP contribution in [-0.2, 0) is 14.4 Å². The summed E-state index contributed by atoms with van der Waals surface area (Å²) in [5, 5.41) is 1.86. The lowest BCUT2D eigenvalue weighted by atomic mass is 10.3. The third-order valence-corrected chi connectivity index (χ3v) is 1.80. The SMILES string of the molecule is C=C(C)C(=O)OCCCN(CC)OCC. The lowest BCUT2D eigenvalue weighted by Crippen LogP contribution is -2.26. The molecule has 0 aliphatic heterocycles. The third-order valence-electron chi connectivity index (χ3n) is 1.80. The molecule has 0 saturated heterocycles. The summed E-state index contributed by atoms with van der Waals surface area (Å²) >= 11 is 0. The van der Waals surface area contributed by atoms with E-state index in [1.54, 1.807) is 6.92 Å². The summed E-state index contributed by atoms with van der Waals surface area (Å²) in [5.74, 6) is -0.325. The van der Waals surface area contributed by atoms with Crippen molar-refractivity contribution in [3.63, 3.8) is 0 Å². The first-order valence-electron chi connectivity index (χ1n) is 5.32. The molecular weight excluding hydrogens is 194 g/mol. The second kappa shape index (κ2) is 8.44. The van der Waals surface area contributed by atoms with Crippen LogP contribution in [0.3, 0.4) is 0 Å². The van der Waals surface area contributed by atoms with Crippen molar-refractivity contribution in [3.05, 3.63) is 12.2 Å². The zero-order chi connectivity index (χ0) is 11.7. The summed E-state index contributed by atoms with van der Waals surface area (Å²) in [4.78, 5) is 16.3. The zero-order valence-corrected chi connectivity index (χ0v) is 9.91. The molecule has 0 saturated carbocycles. The van der Waals surface area contributed by atoms with Gasteiger partial charge in [-0.05, 0) is 20.3 Å². The molecule has 0 radical (unpaired) electrons. The number of nitrogens with zero attached hydrogens (tertiary/aromatic N) is 1. The summed E-state index contributed by atoms with van der Waals surface area (Å²) < 4.78 is 4.96. The fourth-order valence-electron chi connectivity index (χ4n) is 1.03. The molecule has 15 heavy (non-hydrogen) atoms.